The summed E-state index contributed by atoms with van der Waals surface area (Å²) in [6, 6.07) is 5.75. The number of thioether (sulfide) groups is 1. The quantitative estimate of drug-likeness (QED) is 0.644. The van der Waals surface area contributed by atoms with E-state index in [9.17, 15) is 5.11 Å². The molecule has 1 rings (SSSR count). The van der Waals surface area contributed by atoms with Crippen LogP contribution in [0.5, 0.6) is 0 Å². The van der Waals surface area contributed by atoms with Crippen molar-refractivity contribution in [2.45, 2.75) is 37.2 Å². The number of anilines is 1. The highest BCUT2D eigenvalue weighted by atomic mass is 79.9. The molecule has 0 fully saturated rings. The zero-order valence-electron chi connectivity index (χ0n) is 9.66. The lowest BCUT2D eigenvalue weighted by atomic mass is 10.0. The topological polar surface area (TPSA) is 46.2 Å². The first-order valence-electron chi connectivity index (χ1n) is 5.41. The maximum absolute atomic E-state index is 10.2. The van der Waals surface area contributed by atoms with Crippen molar-refractivity contribution in [1.82, 2.24) is 0 Å². The maximum Gasteiger partial charge on any atom is 0.0736 e. The Morgan fingerprint density at radius 1 is 1.38 bits per heavy atom. The second-order valence-electron chi connectivity index (χ2n) is 3.91. The van der Waals surface area contributed by atoms with Crippen molar-refractivity contribution in [2.24, 2.45) is 0 Å². The van der Waals surface area contributed by atoms with Crippen molar-refractivity contribution >= 4 is 33.4 Å². The minimum absolute atomic E-state index is 0.564. The van der Waals surface area contributed by atoms with E-state index in [1.54, 1.807) is 11.8 Å². The van der Waals surface area contributed by atoms with Crippen LogP contribution in [0.4, 0.5) is 5.69 Å². The van der Waals surface area contributed by atoms with E-state index in [4.69, 9.17) is 5.73 Å². The molecule has 0 saturated carbocycles. The fourth-order valence-electron chi connectivity index (χ4n) is 1.30. The Kier molecular flexibility index (Phi) is 5.15. The van der Waals surface area contributed by atoms with E-state index < -0.39 is 5.60 Å². The molecule has 3 N–H and O–H groups in total. The van der Waals surface area contributed by atoms with Crippen LogP contribution in [0.2, 0.25) is 0 Å². The Labute approximate surface area is 110 Å². The van der Waals surface area contributed by atoms with Gasteiger partial charge in [0.05, 0.1) is 5.60 Å². The summed E-state index contributed by atoms with van der Waals surface area (Å²) in [7, 11) is 0. The van der Waals surface area contributed by atoms with Crippen LogP contribution >= 0.6 is 27.7 Å². The summed E-state index contributed by atoms with van der Waals surface area (Å²) in [5.74, 6) is 0.711. The van der Waals surface area contributed by atoms with Gasteiger partial charge in [-0.2, -0.15) is 0 Å². The summed E-state index contributed by atoms with van der Waals surface area (Å²) in [6.45, 7) is 4.03. The molecule has 0 aromatic heterocycles. The largest absolute Gasteiger partial charge is 0.399 e. The molecule has 0 bridgehead atoms. The third kappa shape index (κ3) is 3.68. The maximum atomic E-state index is 10.2. The first kappa shape index (κ1) is 13.9. The number of hydrogen-bond donors (Lipinski definition) is 2. The molecule has 1 aromatic rings. The van der Waals surface area contributed by atoms with Gasteiger partial charge in [0.1, 0.15) is 0 Å². The van der Waals surface area contributed by atoms with Crippen molar-refractivity contribution in [3.63, 3.8) is 0 Å². The Bertz CT molecular complexity index is 353. The Balaban J connectivity index is 2.67. The molecule has 0 radical (unpaired) electrons. The van der Waals surface area contributed by atoms with Crippen molar-refractivity contribution < 1.29 is 5.11 Å². The molecule has 4 heteroatoms. The molecular weight excluding hydrogens is 286 g/mol. The molecule has 0 atom stereocenters. The van der Waals surface area contributed by atoms with E-state index in [1.807, 2.05) is 32.0 Å². The van der Waals surface area contributed by atoms with Crippen LogP contribution < -0.4 is 5.73 Å². The summed E-state index contributed by atoms with van der Waals surface area (Å²) in [6.07, 6.45) is 1.56. The Morgan fingerprint density at radius 2 is 2.00 bits per heavy atom. The van der Waals surface area contributed by atoms with Crippen molar-refractivity contribution in [2.75, 3.05) is 11.5 Å². The molecule has 2 nitrogen and oxygen atoms in total. The van der Waals surface area contributed by atoms with Crippen LogP contribution in [0.25, 0.3) is 0 Å². The van der Waals surface area contributed by atoms with Gasteiger partial charge in [0.25, 0.3) is 0 Å². The fraction of sp³-hybridized carbons (Fsp3) is 0.500. The highest BCUT2D eigenvalue weighted by molar-refractivity contribution is 9.10. The van der Waals surface area contributed by atoms with E-state index in [0.29, 0.717) is 5.75 Å². The standard InChI is InChI=1S/C12H18BrNOS/c1-3-12(15,4-2)8-16-11-6-5-9(14)7-10(11)13/h5-7,15H,3-4,8,14H2,1-2H3. The SMILES string of the molecule is CCC(O)(CC)CSc1ccc(N)cc1Br. The van der Waals surface area contributed by atoms with E-state index in [0.717, 1.165) is 27.9 Å². The first-order valence-corrected chi connectivity index (χ1v) is 7.19. The molecule has 0 aliphatic rings. The zero-order valence-corrected chi connectivity index (χ0v) is 12.1. The number of nitrogen functional groups attached to an aromatic ring is 1. The number of halogens is 1. The van der Waals surface area contributed by atoms with Crippen LogP contribution in [0.15, 0.2) is 27.6 Å². The predicted molar refractivity (Wildman–Crippen MR) is 74.8 cm³/mol. The highest BCUT2D eigenvalue weighted by Gasteiger charge is 2.22. The second-order valence-corrected chi connectivity index (χ2v) is 5.78. The molecule has 90 valence electrons. The minimum atomic E-state index is -0.564. The van der Waals surface area contributed by atoms with Gasteiger partial charge in [-0.3, -0.25) is 0 Å². The number of aliphatic hydroxyl groups is 1. The van der Waals surface area contributed by atoms with Gasteiger partial charge in [0.15, 0.2) is 0 Å². The summed E-state index contributed by atoms with van der Waals surface area (Å²) < 4.78 is 0.993. The van der Waals surface area contributed by atoms with Crippen LogP contribution in [0.1, 0.15) is 26.7 Å². The van der Waals surface area contributed by atoms with Crippen molar-refractivity contribution in [3.8, 4) is 0 Å². The van der Waals surface area contributed by atoms with E-state index in [2.05, 4.69) is 15.9 Å². The highest BCUT2D eigenvalue weighted by Crippen LogP contribution is 2.32. The third-order valence-electron chi connectivity index (χ3n) is 2.77. The lowest BCUT2D eigenvalue weighted by molar-refractivity contribution is 0.0572. The van der Waals surface area contributed by atoms with Crippen LogP contribution in [0, 0.1) is 0 Å². The first-order chi connectivity index (χ1) is 7.50. The zero-order chi connectivity index (χ0) is 12.2. The van der Waals surface area contributed by atoms with Gasteiger partial charge in [-0.1, -0.05) is 13.8 Å². The molecule has 1 aromatic carbocycles. The van der Waals surface area contributed by atoms with Crippen molar-refractivity contribution in [3.05, 3.63) is 22.7 Å². The van der Waals surface area contributed by atoms with Crippen molar-refractivity contribution in [1.29, 1.82) is 0 Å². The predicted octanol–water partition coefficient (Wildman–Crippen LogP) is 3.67. The molecule has 0 heterocycles. The van der Waals surface area contributed by atoms with Gasteiger partial charge in [-0.15, -0.1) is 11.8 Å². The van der Waals surface area contributed by atoms with E-state index >= 15 is 0 Å². The molecule has 0 amide bonds. The van der Waals surface area contributed by atoms with Crippen LogP contribution in [0.3, 0.4) is 0 Å². The third-order valence-corrected chi connectivity index (χ3v) is 5.04. The van der Waals surface area contributed by atoms with Gasteiger partial charge >= 0.3 is 0 Å². The lowest BCUT2D eigenvalue weighted by Gasteiger charge is -2.24. The van der Waals surface area contributed by atoms with E-state index in [1.165, 1.54) is 0 Å². The number of hydrogen-bond acceptors (Lipinski definition) is 3. The summed E-state index contributed by atoms with van der Waals surface area (Å²) in [4.78, 5) is 1.12. The number of rotatable bonds is 5. The average molecular weight is 304 g/mol. The smallest absolute Gasteiger partial charge is 0.0736 e. The van der Waals surface area contributed by atoms with Gasteiger partial charge in [-0.05, 0) is 47.0 Å². The van der Waals surface area contributed by atoms with E-state index in [-0.39, 0.29) is 0 Å². The summed E-state index contributed by atoms with van der Waals surface area (Å²) in [5.41, 5.74) is 5.86. The molecular formula is C12H18BrNOS. The van der Waals surface area contributed by atoms with Gasteiger partial charge < -0.3 is 10.8 Å². The molecule has 0 unspecified atom stereocenters. The fourth-order valence-corrected chi connectivity index (χ4v) is 3.23. The summed E-state index contributed by atoms with van der Waals surface area (Å²) >= 11 is 5.14. The molecule has 0 aliphatic heterocycles. The van der Waals surface area contributed by atoms with Gasteiger partial charge in [0, 0.05) is 20.8 Å². The molecule has 16 heavy (non-hydrogen) atoms. The van der Waals surface area contributed by atoms with Crippen LogP contribution in [-0.2, 0) is 0 Å². The minimum Gasteiger partial charge on any atom is -0.399 e. The number of nitrogens with two attached hydrogens (primary N) is 1. The monoisotopic (exact) mass is 303 g/mol. The molecule has 0 spiro atoms. The second kappa shape index (κ2) is 5.94. The Hall–Kier alpha value is -0.190. The average Bonchev–Trinajstić information content (AvgIpc) is 2.27. The van der Waals surface area contributed by atoms with Crippen LogP contribution in [-0.4, -0.2) is 16.5 Å². The van der Waals surface area contributed by atoms with Gasteiger partial charge in [-0.25, -0.2) is 0 Å². The molecule has 0 saturated heterocycles. The lowest BCUT2D eigenvalue weighted by Crippen LogP contribution is -2.29. The Morgan fingerprint density at radius 3 is 2.50 bits per heavy atom. The number of benzene rings is 1. The van der Waals surface area contributed by atoms with Gasteiger partial charge in [0.2, 0.25) is 0 Å². The summed E-state index contributed by atoms with van der Waals surface area (Å²) in [5, 5.41) is 10.2. The molecule has 0 aliphatic carbocycles. The normalized spacial score (nSPS) is 11.8.